The van der Waals surface area contributed by atoms with Gasteiger partial charge in [-0.15, -0.1) is 0 Å². The highest BCUT2D eigenvalue weighted by Gasteiger charge is 2.41. The third kappa shape index (κ3) is 9.15. The van der Waals surface area contributed by atoms with Crippen LogP contribution in [0.2, 0.25) is 36.3 Å². The first-order valence-corrected chi connectivity index (χ1v) is 18.4. The molecule has 7 heteroatoms. The zero-order chi connectivity index (χ0) is 26.6. The fourth-order valence-corrected chi connectivity index (χ4v) is 5.24. The fourth-order valence-electron chi connectivity index (χ4n) is 3.04. The smallest absolute Gasteiger partial charge is 0.193 e. The Morgan fingerprint density at radius 2 is 1.38 bits per heavy atom. The van der Waals surface area contributed by atoms with Gasteiger partial charge in [0.1, 0.15) is 18.3 Å². The van der Waals surface area contributed by atoms with E-state index < -0.39 is 34.6 Å². The summed E-state index contributed by atoms with van der Waals surface area (Å²) in [5.41, 5.74) is 0. The second-order valence-electron chi connectivity index (χ2n) is 12.8. The van der Waals surface area contributed by atoms with Crippen molar-refractivity contribution in [2.24, 2.45) is 0 Å². The molecule has 1 aliphatic rings. The molecule has 1 rings (SSSR count). The monoisotopic (exact) mass is 512 g/mol. The zero-order valence-electron chi connectivity index (χ0n) is 24.1. The highest BCUT2D eigenvalue weighted by Crippen LogP contribution is 2.38. The van der Waals surface area contributed by atoms with E-state index in [1.807, 2.05) is 51.2 Å². The van der Waals surface area contributed by atoms with Gasteiger partial charge in [0.2, 0.25) is 0 Å². The van der Waals surface area contributed by atoms with Crippen LogP contribution >= 0.6 is 0 Å². The van der Waals surface area contributed by atoms with Gasteiger partial charge in [-0.05, 0) is 57.0 Å². The van der Waals surface area contributed by atoms with Crippen LogP contribution in [0.3, 0.4) is 0 Å². The van der Waals surface area contributed by atoms with E-state index >= 15 is 0 Å². The third-order valence-electron chi connectivity index (χ3n) is 7.29. The lowest BCUT2D eigenvalue weighted by Gasteiger charge is -2.39. The standard InChI is InChI=1S/C27H52O5Si2/c1-14-16-22(32-34(12,13)26(5,6)7)21(28)18-19-24-23(30-27(8,9)31-24)17-15-20-29-33(10,11)25(2,3)4/h14-19,21-24,28H,20H2,1-13H3/b16-14+,17-15+,19-18+/t21-,22-,23+,24+/m1/s1. The van der Waals surface area contributed by atoms with Crippen LogP contribution in [0.4, 0.5) is 0 Å². The minimum Gasteiger partial charge on any atom is -0.413 e. The molecular formula is C27H52O5Si2. The second kappa shape index (κ2) is 11.7. The minimum absolute atomic E-state index is 0.0606. The van der Waals surface area contributed by atoms with Crippen molar-refractivity contribution in [1.29, 1.82) is 0 Å². The molecule has 5 nitrogen and oxygen atoms in total. The quantitative estimate of drug-likeness (QED) is 0.253. The number of allylic oxidation sites excluding steroid dienone is 1. The molecule has 0 unspecified atom stereocenters. The van der Waals surface area contributed by atoms with Gasteiger partial charge < -0.3 is 23.4 Å². The average molecular weight is 513 g/mol. The summed E-state index contributed by atoms with van der Waals surface area (Å²) in [6.07, 6.45) is 9.86. The molecule has 4 atom stereocenters. The Morgan fingerprint density at radius 1 is 0.882 bits per heavy atom. The number of ether oxygens (including phenoxy) is 2. The van der Waals surface area contributed by atoms with Gasteiger partial charge in [-0.2, -0.15) is 0 Å². The van der Waals surface area contributed by atoms with E-state index in [9.17, 15) is 5.11 Å². The van der Waals surface area contributed by atoms with Crippen LogP contribution in [0.5, 0.6) is 0 Å². The van der Waals surface area contributed by atoms with Crippen molar-refractivity contribution in [2.75, 3.05) is 6.61 Å². The molecule has 0 aliphatic carbocycles. The summed E-state index contributed by atoms with van der Waals surface area (Å²) in [5.74, 6) is -0.699. The van der Waals surface area contributed by atoms with Gasteiger partial charge in [0.15, 0.2) is 22.4 Å². The van der Waals surface area contributed by atoms with Crippen molar-refractivity contribution in [1.82, 2.24) is 0 Å². The van der Waals surface area contributed by atoms with Crippen LogP contribution in [0.15, 0.2) is 36.5 Å². The van der Waals surface area contributed by atoms with E-state index in [4.69, 9.17) is 18.3 Å². The molecule has 0 radical (unpaired) electrons. The Balaban J connectivity index is 2.91. The van der Waals surface area contributed by atoms with Crippen LogP contribution in [-0.2, 0) is 18.3 Å². The van der Waals surface area contributed by atoms with Crippen molar-refractivity contribution in [2.45, 2.75) is 129 Å². The van der Waals surface area contributed by atoms with E-state index in [-0.39, 0.29) is 22.3 Å². The number of rotatable bonds is 10. The van der Waals surface area contributed by atoms with Crippen molar-refractivity contribution >= 4 is 16.6 Å². The largest absolute Gasteiger partial charge is 0.413 e. The molecular weight excluding hydrogens is 460 g/mol. The molecule has 0 bridgehead atoms. The van der Waals surface area contributed by atoms with Crippen LogP contribution in [0, 0.1) is 0 Å². The molecule has 1 N–H and O–H groups in total. The number of aliphatic hydroxyl groups is 1. The number of aliphatic hydroxyl groups excluding tert-OH is 1. The summed E-state index contributed by atoms with van der Waals surface area (Å²) >= 11 is 0. The molecule has 0 amide bonds. The van der Waals surface area contributed by atoms with Crippen LogP contribution in [0.1, 0.15) is 62.3 Å². The maximum atomic E-state index is 11.0. The van der Waals surface area contributed by atoms with Crippen molar-refractivity contribution in [3.63, 3.8) is 0 Å². The molecule has 1 aliphatic heterocycles. The van der Waals surface area contributed by atoms with E-state index in [0.29, 0.717) is 6.61 Å². The van der Waals surface area contributed by atoms with Gasteiger partial charge in [0.25, 0.3) is 0 Å². The minimum atomic E-state index is -2.04. The topological polar surface area (TPSA) is 57.2 Å². The molecule has 34 heavy (non-hydrogen) atoms. The van der Waals surface area contributed by atoms with Gasteiger partial charge in [-0.1, -0.05) is 78.0 Å². The van der Waals surface area contributed by atoms with E-state index in [0.717, 1.165) is 0 Å². The lowest BCUT2D eigenvalue weighted by molar-refractivity contribution is -0.139. The Hall–Kier alpha value is -0.546. The molecule has 0 aromatic carbocycles. The molecule has 1 heterocycles. The molecule has 1 saturated heterocycles. The summed E-state index contributed by atoms with van der Waals surface area (Å²) in [6, 6.07) is 0. The zero-order valence-corrected chi connectivity index (χ0v) is 26.1. The second-order valence-corrected chi connectivity index (χ2v) is 22.4. The van der Waals surface area contributed by atoms with Gasteiger partial charge in [-0.25, -0.2) is 0 Å². The Bertz CT molecular complexity index is 726. The first-order valence-electron chi connectivity index (χ1n) is 12.6. The molecule has 0 aromatic rings. The highest BCUT2D eigenvalue weighted by atomic mass is 28.4. The normalized spacial score (nSPS) is 24.5. The maximum Gasteiger partial charge on any atom is 0.193 e. The number of hydrogen-bond donors (Lipinski definition) is 1. The van der Waals surface area contributed by atoms with Crippen molar-refractivity contribution in [3.8, 4) is 0 Å². The first-order chi connectivity index (χ1) is 15.2. The molecule has 1 fully saturated rings. The summed E-state index contributed by atoms with van der Waals surface area (Å²) in [7, 11) is -3.84. The first kappa shape index (κ1) is 31.5. The van der Waals surface area contributed by atoms with Gasteiger partial charge in [0.05, 0.1) is 12.7 Å². The highest BCUT2D eigenvalue weighted by molar-refractivity contribution is 6.74. The molecule has 198 valence electrons. The van der Waals surface area contributed by atoms with Crippen molar-refractivity contribution < 1.29 is 23.4 Å². The van der Waals surface area contributed by atoms with E-state index in [1.165, 1.54) is 0 Å². The van der Waals surface area contributed by atoms with Gasteiger partial charge in [0, 0.05) is 0 Å². The molecule has 0 aromatic heterocycles. The van der Waals surface area contributed by atoms with Crippen LogP contribution < -0.4 is 0 Å². The van der Waals surface area contributed by atoms with E-state index in [2.05, 4.69) is 67.7 Å². The third-order valence-corrected chi connectivity index (χ3v) is 16.3. The van der Waals surface area contributed by atoms with Crippen LogP contribution in [0.25, 0.3) is 0 Å². The Kier molecular flexibility index (Phi) is 10.8. The Labute approximate surface area is 211 Å². The Morgan fingerprint density at radius 3 is 1.85 bits per heavy atom. The molecule has 0 spiro atoms. The fraction of sp³-hybridized carbons (Fsp3) is 0.778. The van der Waals surface area contributed by atoms with Gasteiger partial charge >= 0.3 is 0 Å². The summed E-state index contributed by atoms with van der Waals surface area (Å²) in [5, 5.41) is 11.2. The molecule has 0 saturated carbocycles. The summed E-state index contributed by atoms with van der Waals surface area (Å²) < 4.78 is 24.9. The summed E-state index contributed by atoms with van der Waals surface area (Å²) in [6.45, 7) is 28.5. The summed E-state index contributed by atoms with van der Waals surface area (Å²) in [4.78, 5) is 0. The SMILES string of the molecule is C/C=C/[C@@H](O[Si](C)(C)C(C)(C)C)[C@H](O)/C=C/[C@@H]1OC(C)(C)O[C@H]1/C=C/CO[Si](C)(C)C(C)(C)C. The average Bonchev–Trinajstić information content (AvgIpc) is 2.94. The van der Waals surface area contributed by atoms with Gasteiger partial charge in [-0.3, -0.25) is 0 Å². The number of hydrogen-bond acceptors (Lipinski definition) is 5. The van der Waals surface area contributed by atoms with E-state index in [1.54, 1.807) is 6.08 Å². The van der Waals surface area contributed by atoms with Crippen molar-refractivity contribution in [3.05, 3.63) is 36.5 Å². The predicted octanol–water partition coefficient (Wildman–Crippen LogP) is 6.97. The lowest BCUT2D eigenvalue weighted by atomic mass is 10.1. The van der Waals surface area contributed by atoms with Crippen LogP contribution in [-0.4, -0.2) is 58.6 Å². The maximum absolute atomic E-state index is 11.0. The lowest BCUT2D eigenvalue weighted by Crippen LogP contribution is -2.46. The predicted molar refractivity (Wildman–Crippen MR) is 148 cm³/mol.